The monoisotopic (exact) mass is 196 g/mol. The maximum atomic E-state index is 11.0. The van der Waals surface area contributed by atoms with Gasteiger partial charge in [0, 0.05) is 0 Å². The zero-order valence-electron chi connectivity index (χ0n) is 7.69. The third-order valence-electron chi connectivity index (χ3n) is 3.61. The SMILES string of the molecule is O=C(O)C12C=CC(C(=O)O)(CC1)CC2. The van der Waals surface area contributed by atoms with Gasteiger partial charge in [-0.2, -0.15) is 0 Å². The van der Waals surface area contributed by atoms with Crippen LogP contribution in [0.3, 0.4) is 0 Å². The number of carboxylic acid groups (broad SMARTS) is 2. The van der Waals surface area contributed by atoms with E-state index in [1.807, 2.05) is 0 Å². The van der Waals surface area contributed by atoms with Crippen LogP contribution in [0.25, 0.3) is 0 Å². The summed E-state index contributed by atoms with van der Waals surface area (Å²) in [6.07, 6.45) is 4.96. The molecule has 3 aliphatic rings. The molecule has 3 rings (SSSR count). The van der Waals surface area contributed by atoms with Crippen molar-refractivity contribution in [2.75, 3.05) is 0 Å². The van der Waals surface area contributed by atoms with Gasteiger partial charge in [0.15, 0.2) is 0 Å². The van der Waals surface area contributed by atoms with Crippen molar-refractivity contribution >= 4 is 11.9 Å². The molecule has 0 atom stereocenters. The molecular weight excluding hydrogens is 184 g/mol. The Kier molecular flexibility index (Phi) is 1.71. The van der Waals surface area contributed by atoms with Crippen molar-refractivity contribution < 1.29 is 19.8 Å². The highest BCUT2D eigenvalue weighted by Gasteiger charge is 2.52. The van der Waals surface area contributed by atoms with Crippen molar-refractivity contribution in [2.24, 2.45) is 10.8 Å². The fourth-order valence-electron chi connectivity index (χ4n) is 2.36. The van der Waals surface area contributed by atoms with Gasteiger partial charge in [0.1, 0.15) is 0 Å². The Morgan fingerprint density at radius 1 is 0.857 bits per heavy atom. The molecule has 0 saturated heterocycles. The summed E-state index contributed by atoms with van der Waals surface area (Å²) in [5.74, 6) is -1.65. The molecule has 4 nitrogen and oxygen atoms in total. The van der Waals surface area contributed by atoms with Crippen LogP contribution in [0.1, 0.15) is 25.7 Å². The molecule has 76 valence electrons. The molecule has 0 radical (unpaired) electrons. The third kappa shape index (κ3) is 0.997. The van der Waals surface area contributed by atoms with Crippen LogP contribution in [0.4, 0.5) is 0 Å². The van der Waals surface area contributed by atoms with Crippen molar-refractivity contribution in [3.05, 3.63) is 12.2 Å². The van der Waals surface area contributed by atoms with Crippen LogP contribution < -0.4 is 0 Å². The molecule has 0 heterocycles. The van der Waals surface area contributed by atoms with Gasteiger partial charge in [-0.3, -0.25) is 9.59 Å². The highest BCUT2D eigenvalue weighted by molar-refractivity contribution is 5.83. The Morgan fingerprint density at radius 2 is 1.14 bits per heavy atom. The Bertz CT molecular complexity index is 289. The molecule has 0 aromatic rings. The van der Waals surface area contributed by atoms with Crippen molar-refractivity contribution in [3.63, 3.8) is 0 Å². The molecule has 4 heteroatoms. The van der Waals surface area contributed by atoms with Crippen LogP contribution in [-0.4, -0.2) is 22.2 Å². The minimum absolute atomic E-state index is 0.450. The third-order valence-corrected chi connectivity index (χ3v) is 3.61. The molecule has 2 N–H and O–H groups in total. The first-order chi connectivity index (χ1) is 6.51. The molecule has 0 spiro atoms. The van der Waals surface area contributed by atoms with Crippen LogP contribution in [0.5, 0.6) is 0 Å². The van der Waals surface area contributed by atoms with Gasteiger partial charge in [0.25, 0.3) is 0 Å². The first kappa shape index (κ1) is 9.24. The lowest BCUT2D eigenvalue weighted by Crippen LogP contribution is -2.45. The minimum atomic E-state index is -0.826. The Hall–Kier alpha value is -1.32. The van der Waals surface area contributed by atoms with Crippen molar-refractivity contribution in [1.82, 2.24) is 0 Å². The first-order valence-corrected chi connectivity index (χ1v) is 4.68. The summed E-state index contributed by atoms with van der Waals surface area (Å²) in [6.45, 7) is 0. The number of carboxylic acids is 2. The lowest BCUT2D eigenvalue weighted by molar-refractivity contribution is -0.157. The van der Waals surface area contributed by atoms with E-state index in [2.05, 4.69) is 0 Å². The second-order valence-electron chi connectivity index (χ2n) is 4.26. The fourth-order valence-corrected chi connectivity index (χ4v) is 2.36. The van der Waals surface area contributed by atoms with Crippen LogP contribution in [0, 0.1) is 10.8 Å². The van der Waals surface area contributed by atoms with E-state index in [4.69, 9.17) is 10.2 Å². The van der Waals surface area contributed by atoms with Crippen molar-refractivity contribution in [3.8, 4) is 0 Å². The Labute approximate surface area is 81.2 Å². The zero-order chi connectivity index (χ0) is 10.4. The number of rotatable bonds is 2. The van der Waals surface area contributed by atoms with Gasteiger partial charge in [0.05, 0.1) is 10.8 Å². The molecule has 2 bridgehead atoms. The molecular formula is C10H12O4. The molecule has 1 fully saturated rings. The largest absolute Gasteiger partial charge is 0.481 e. The fraction of sp³-hybridized carbons (Fsp3) is 0.600. The van der Waals surface area contributed by atoms with Gasteiger partial charge in [-0.05, 0) is 25.7 Å². The van der Waals surface area contributed by atoms with Gasteiger partial charge in [-0.15, -0.1) is 0 Å². The van der Waals surface area contributed by atoms with Crippen LogP contribution in [0.2, 0.25) is 0 Å². The minimum Gasteiger partial charge on any atom is -0.481 e. The molecule has 0 unspecified atom stereocenters. The van der Waals surface area contributed by atoms with Crippen molar-refractivity contribution in [1.29, 1.82) is 0 Å². The maximum Gasteiger partial charge on any atom is 0.313 e. The van der Waals surface area contributed by atoms with Gasteiger partial charge >= 0.3 is 11.9 Å². The Balaban J connectivity index is 2.35. The second-order valence-corrected chi connectivity index (χ2v) is 4.26. The van der Waals surface area contributed by atoms with Crippen LogP contribution in [-0.2, 0) is 9.59 Å². The average molecular weight is 196 g/mol. The van der Waals surface area contributed by atoms with E-state index in [-0.39, 0.29) is 0 Å². The predicted molar refractivity (Wildman–Crippen MR) is 47.7 cm³/mol. The highest BCUT2D eigenvalue weighted by atomic mass is 16.4. The molecule has 0 amide bonds. The molecule has 0 aromatic carbocycles. The summed E-state index contributed by atoms with van der Waals surface area (Å²) in [4.78, 5) is 22.0. The van der Waals surface area contributed by atoms with E-state index >= 15 is 0 Å². The van der Waals surface area contributed by atoms with E-state index in [0.717, 1.165) is 0 Å². The summed E-state index contributed by atoms with van der Waals surface area (Å²) >= 11 is 0. The van der Waals surface area contributed by atoms with Crippen LogP contribution in [0.15, 0.2) is 12.2 Å². The summed E-state index contributed by atoms with van der Waals surface area (Å²) in [5.41, 5.74) is -1.56. The summed E-state index contributed by atoms with van der Waals surface area (Å²) in [7, 11) is 0. The number of carbonyl (C=O) groups is 2. The molecule has 0 aliphatic heterocycles. The normalized spacial score (nSPS) is 39.7. The topological polar surface area (TPSA) is 74.6 Å². The van der Waals surface area contributed by atoms with E-state index in [1.165, 1.54) is 0 Å². The van der Waals surface area contributed by atoms with Gasteiger partial charge in [0.2, 0.25) is 0 Å². The number of hydrogen-bond acceptors (Lipinski definition) is 2. The number of fused-ring (bicyclic) bond motifs is 2. The second kappa shape index (κ2) is 2.59. The molecule has 0 aromatic heterocycles. The van der Waals surface area contributed by atoms with Gasteiger partial charge in [-0.1, -0.05) is 12.2 Å². The molecule has 1 saturated carbocycles. The first-order valence-electron chi connectivity index (χ1n) is 4.68. The smallest absolute Gasteiger partial charge is 0.313 e. The van der Waals surface area contributed by atoms with E-state index in [0.29, 0.717) is 25.7 Å². The summed E-state index contributed by atoms with van der Waals surface area (Å²) in [5, 5.41) is 18.1. The molecule has 14 heavy (non-hydrogen) atoms. The summed E-state index contributed by atoms with van der Waals surface area (Å²) < 4.78 is 0. The van der Waals surface area contributed by atoms with E-state index in [1.54, 1.807) is 12.2 Å². The van der Waals surface area contributed by atoms with Gasteiger partial charge < -0.3 is 10.2 Å². The standard InChI is InChI=1S/C10H12O4/c11-7(12)9-1-2-10(5-3-9,6-4-9)8(13)14/h1-2H,3-6H2,(H,11,12)(H,13,14). The quantitative estimate of drug-likeness (QED) is 0.652. The Morgan fingerprint density at radius 3 is 1.29 bits per heavy atom. The van der Waals surface area contributed by atoms with E-state index in [9.17, 15) is 9.59 Å². The average Bonchev–Trinajstić information content (AvgIpc) is 2.20. The van der Waals surface area contributed by atoms with E-state index < -0.39 is 22.8 Å². The lowest BCUT2D eigenvalue weighted by atomic mass is 9.58. The highest BCUT2D eigenvalue weighted by Crippen LogP contribution is 2.52. The maximum absolute atomic E-state index is 11.0. The lowest BCUT2D eigenvalue weighted by Gasteiger charge is -2.44. The van der Waals surface area contributed by atoms with Crippen molar-refractivity contribution in [2.45, 2.75) is 25.7 Å². The number of aliphatic carboxylic acids is 2. The molecule has 3 aliphatic carbocycles. The summed E-state index contributed by atoms with van der Waals surface area (Å²) in [6, 6.07) is 0. The zero-order valence-corrected chi connectivity index (χ0v) is 7.69. The van der Waals surface area contributed by atoms with Crippen LogP contribution >= 0.6 is 0 Å². The van der Waals surface area contributed by atoms with Gasteiger partial charge in [-0.25, -0.2) is 0 Å². The predicted octanol–water partition coefficient (Wildman–Crippen LogP) is 1.27. The number of hydrogen-bond donors (Lipinski definition) is 2.